The molecule has 0 aliphatic carbocycles. The van der Waals surface area contributed by atoms with Crippen molar-refractivity contribution < 1.29 is 14.7 Å². The lowest BCUT2D eigenvalue weighted by molar-refractivity contribution is -0.147. The van der Waals surface area contributed by atoms with E-state index in [1.165, 1.54) is 28.4 Å². The van der Waals surface area contributed by atoms with Gasteiger partial charge in [0.2, 0.25) is 5.91 Å². The summed E-state index contributed by atoms with van der Waals surface area (Å²) in [6.45, 7) is 0. The molecule has 6 nitrogen and oxygen atoms in total. The minimum atomic E-state index is -1.10. The van der Waals surface area contributed by atoms with Crippen molar-refractivity contribution in [2.24, 2.45) is 5.73 Å². The smallest absolute Gasteiger partial charge is 0.352 e. The monoisotopic (exact) mass is 335 g/mol. The molecule has 3 N–H and O–H groups in total. The Morgan fingerprint density at radius 3 is 3.05 bits per heavy atom. The van der Waals surface area contributed by atoms with Crippen molar-refractivity contribution in [2.75, 3.05) is 5.75 Å². The minimum Gasteiger partial charge on any atom is -0.477 e. The molecule has 1 fully saturated rings. The van der Waals surface area contributed by atoms with Gasteiger partial charge in [0.15, 0.2) is 0 Å². The fourth-order valence-electron chi connectivity index (χ4n) is 2.27. The zero-order chi connectivity index (χ0) is 15.7. The van der Waals surface area contributed by atoms with Crippen LogP contribution in [0.3, 0.4) is 0 Å². The molecule has 3 heterocycles. The number of nitrogens with zero attached hydrogens (tertiary/aromatic N) is 2. The van der Waals surface area contributed by atoms with Crippen LogP contribution in [0.1, 0.15) is 0 Å². The average molecular weight is 335 g/mol. The molecule has 0 saturated carbocycles. The molecule has 0 aromatic carbocycles. The lowest BCUT2D eigenvalue weighted by atomic mass is 10.0. The Hall–Kier alpha value is -1.77. The van der Waals surface area contributed by atoms with E-state index in [-0.39, 0.29) is 17.0 Å². The first-order chi connectivity index (χ1) is 10.6. The van der Waals surface area contributed by atoms with E-state index in [4.69, 9.17) is 5.73 Å². The van der Waals surface area contributed by atoms with Crippen LogP contribution >= 0.6 is 23.5 Å². The number of thioether (sulfide) groups is 2. The van der Waals surface area contributed by atoms with E-state index < -0.39 is 12.0 Å². The molecule has 22 heavy (non-hydrogen) atoms. The highest BCUT2D eigenvalue weighted by molar-refractivity contribution is 8.02. The van der Waals surface area contributed by atoms with Gasteiger partial charge in [-0.15, -0.1) is 11.8 Å². The van der Waals surface area contributed by atoms with Gasteiger partial charge in [-0.05, 0) is 29.2 Å². The van der Waals surface area contributed by atoms with Crippen LogP contribution in [0.15, 0.2) is 52.2 Å². The molecule has 2 atom stereocenters. The molecule has 0 bridgehead atoms. The summed E-state index contributed by atoms with van der Waals surface area (Å²) >= 11 is 2.88. The van der Waals surface area contributed by atoms with Crippen molar-refractivity contribution in [3.63, 3.8) is 0 Å². The third-order valence-electron chi connectivity index (χ3n) is 3.34. The molecule has 2 aliphatic rings. The van der Waals surface area contributed by atoms with E-state index in [0.29, 0.717) is 11.3 Å². The van der Waals surface area contributed by atoms with Crippen molar-refractivity contribution in [1.82, 2.24) is 9.88 Å². The van der Waals surface area contributed by atoms with Crippen molar-refractivity contribution in [2.45, 2.75) is 16.4 Å². The molecule has 1 amide bonds. The van der Waals surface area contributed by atoms with Crippen molar-refractivity contribution in [3.05, 3.63) is 47.2 Å². The number of hydrogen-bond acceptors (Lipinski definition) is 6. The zero-order valence-electron chi connectivity index (χ0n) is 11.4. The fourth-order valence-corrected chi connectivity index (χ4v) is 4.19. The number of pyridine rings is 1. The van der Waals surface area contributed by atoms with Gasteiger partial charge in [-0.1, -0.05) is 17.8 Å². The molecule has 8 heteroatoms. The number of fused-ring (bicyclic) bond motifs is 1. The van der Waals surface area contributed by atoms with Gasteiger partial charge >= 0.3 is 5.97 Å². The Morgan fingerprint density at radius 1 is 1.55 bits per heavy atom. The van der Waals surface area contributed by atoms with Gasteiger partial charge in [0, 0.05) is 11.9 Å². The third-order valence-corrected chi connectivity index (χ3v) is 5.42. The van der Waals surface area contributed by atoms with Crippen molar-refractivity contribution >= 4 is 35.4 Å². The topological polar surface area (TPSA) is 96.5 Å². The standard InChI is InChI=1S/C14H13N3O3S2/c15-10-12(18)17-11(14(19)20)8(7-22-13(10)17)4-6-21-9-3-1-2-5-16-9/h1-6,10,13H,7,15H2,(H,19,20)/b6-4+/t10?,13-/m1/s1. The number of carboxylic acid groups (broad SMARTS) is 1. The molecule has 1 saturated heterocycles. The Labute approximate surface area is 135 Å². The molecule has 0 spiro atoms. The van der Waals surface area contributed by atoms with Crippen LogP contribution in [0, 0.1) is 0 Å². The average Bonchev–Trinajstić information content (AvgIpc) is 2.54. The zero-order valence-corrected chi connectivity index (χ0v) is 13.0. The number of amides is 1. The van der Waals surface area contributed by atoms with E-state index in [1.54, 1.807) is 17.7 Å². The first-order valence-corrected chi connectivity index (χ1v) is 8.43. The summed E-state index contributed by atoms with van der Waals surface area (Å²) in [5.74, 6) is -0.922. The maximum atomic E-state index is 11.8. The second-order valence-corrected chi connectivity index (χ2v) is 6.73. The third kappa shape index (κ3) is 2.65. The number of hydrogen-bond donors (Lipinski definition) is 2. The number of nitrogens with two attached hydrogens (primary N) is 1. The van der Waals surface area contributed by atoms with Gasteiger partial charge in [-0.25, -0.2) is 9.78 Å². The number of carboxylic acids is 1. The Kier molecular flexibility index (Phi) is 4.23. The van der Waals surface area contributed by atoms with Gasteiger partial charge in [0.1, 0.15) is 22.1 Å². The first-order valence-electron chi connectivity index (χ1n) is 6.50. The Balaban J connectivity index is 1.81. The summed E-state index contributed by atoms with van der Waals surface area (Å²) in [4.78, 5) is 28.7. The number of carbonyl (C=O) groups excluding carboxylic acids is 1. The fraction of sp³-hybridized carbons (Fsp3) is 0.214. The minimum absolute atomic E-state index is 0.0355. The molecule has 0 radical (unpaired) electrons. The molecule has 114 valence electrons. The summed E-state index contributed by atoms with van der Waals surface area (Å²) in [6, 6.07) is 4.97. The van der Waals surface area contributed by atoms with Crippen molar-refractivity contribution in [1.29, 1.82) is 0 Å². The maximum Gasteiger partial charge on any atom is 0.352 e. The van der Waals surface area contributed by atoms with Crippen LogP contribution in [-0.4, -0.2) is 44.0 Å². The SMILES string of the molecule is NC1C(=O)N2C(C(=O)O)=C(/C=C/Sc3ccccn3)CS[C@H]12. The van der Waals surface area contributed by atoms with Gasteiger partial charge in [-0.2, -0.15) is 0 Å². The Morgan fingerprint density at radius 2 is 2.36 bits per heavy atom. The predicted molar refractivity (Wildman–Crippen MR) is 85.0 cm³/mol. The molecular formula is C14H13N3O3S2. The van der Waals surface area contributed by atoms with Gasteiger partial charge < -0.3 is 10.8 Å². The highest BCUT2D eigenvalue weighted by atomic mass is 32.2. The maximum absolute atomic E-state index is 11.8. The van der Waals surface area contributed by atoms with Crippen LogP contribution in [0.25, 0.3) is 0 Å². The van der Waals surface area contributed by atoms with Crippen LogP contribution in [-0.2, 0) is 9.59 Å². The highest BCUT2D eigenvalue weighted by Gasteiger charge is 2.51. The number of aromatic nitrogens is 1. The van der Waals surface area contributed by atoms with E-state index in [9.17, 15) is 14.7 Å². The molecule has 1 unspecified atom stereocenters. The summed E-state index contributed by atoms with van der Waals surface area (Å²) in [6.07, 6.45) is 3.42. The highest BCUT2D eigenvalue weighted by Crippen LogP contribution is 2.39. The molecular weight excluding hydrogens is 322 g/mol. The molecule has 1 aromatic heterocycles. The van der Waals surface area contributed by atoms with Crippen LogP contribution in [0.2, 0.25) is 0 Å². The number of β-lactam (4-membered cyclic amide) rings is 1. The van der Waals surface area contributed by atoms with E-state index in [2.05, 4.69) is 4.98 Å². The number of allylic oxidation sites excluding steroid dienone is 1. The largest absolute Gasteiger partial charge is 0.477 e. The molecule has 2 aliphatic heterocycles. The summed E-state index contributed by atoms with van der Waals surface area (Å²) < 4.78 is 0. The quantitative estimate of drug-likeness (QED) is 0.632. The summed E-state index contributed by atoms with van der Waals surface area (Å²) in [5.41, 5.74) is 6.35. The van der Waals surface area contributed by atoms with Crippen LogP contribution in [0.5, 0.6) is 0 Å². The van der Waals surface area contributed by atoms with E-state index >= 15 is 0 Å². The van der Waals surface area contributed by atoms with Crippen LogP contribution in [0.4, 0.5) is 0 Å². The number of rotatable bonds is 4. The first kappa shape index (κ1) is 15.1. The normalized spacial score (nSPS) is 24.4. The van der Waals surface area contributed by atoms with Crippen LogP contribution < -0.4 is 5.73 Å². The van der Waals surface area contributed by atoms with Gasteiger partial charge in [-0.3, -0.25) is 9.69 Å². The number of carbonyl (C=O) groups is 2. The summed E-state index contributed by atoms with van der Waals surface area (Å²) in [5, 5.41) is 11.7. The second-order valence-electron chi connectivity index (χ2n) is 4.70. The second kappa shape index (κ2) is 6.15. The predicted octanol–water partition coefficient (Wildman–Crippen LogP) is 1.27. The van der Waals surface area contributed by atoms with E-state index in [1.807, 2.05) is 18.2 Å². The van der Waals surface area contributed by atoms with Crippen molar-refractivity contribution in [3.8, 4) is 0 Å². The van der Waals surface area contributed by atoms with Gasteiger partial charge in [0.05, 0.1) is 0 Å². The van der Waals surface area contributed by atoms with Gasteiger partial charge in [0.25, 0.3) is 0 Å². The lowest BCUT2D eigenvalue weighted by Gasteiger charge is -2.47. The lowest BCUT2D eigenvalue weighted by Crippen LogP contribution is -2.68. The van der Waals surface area contributed by atoms with E-state index in [0.717, 1.165) is 5.03 Å². The molecule has 3 rings (SSSR count). The summed E-state index contributed by atoms with van der Waals surface area (Å²) in [7, 11) is 0. The molecule has 1 aromatic rings. The Bertz CT molecular complexity index is 675. The number of aliphatic carboxylic acids is 1.